The first-order valence-electron chi connectivity index (χ1n) is 6.56. The molecule has 1 saturated heterocycles. The molecule has 0 bridgehead atoms. The first-order valence-corrected chi connectivity index (χ1v) is 6.56. The summed E-state index contributed by atoms with van der Waals surface area (Å²) in [5, 5.41) is 2.88. The summed E-state index contributed by atoms with van der Waals surface area (Å²) < 4.78 is 5.36. The van der Waals surface area contributed by atoms with Gasteiger partial charge in [-0.2, -0.15) is 0 Å². The largest absolute Gasteiger partial charge is 0.378 e. The highest BCUT2D eigenvalue weighted by molar-refractivity contribution is 5.87. The molecule has 4 heteroatoms. The normalized spacial score (nSPS) is 16.8. The summed E-state index contributed by atoms with van der Waals surface area (Å²) in [6, 6.07) is 8.25. The predicted molar refractivity (Wildman–Crippen MR) is 76.2 cm³/mol. The van der Waals surface area contributed by atoms with Gasteiger partial charge in [0, 0.05) is 18.8 Å². The minimum absolute atomic E-state index is 0.0218. The third kappa shape index (κ3) is 3.58. The maximum absolute atomic E-state index is 11.3. The number of morpholine rings is 1. The van der Waals surface area contributed by atoms with Crippen LogP contribution in [0.5, 0.6) is 0 Å². The van der Waals surface area contributed by atoms with Crippen molar-refractivity contribution >= 4 is 11.6 Å². The molecule has 1 aromatic rings. The van der Waals surface area contributed by atoms with E-state index < -0.39 is 0 Å². The number of anilines is 1. The molecular weight excluding hydrogens is 240 g/mol. The first-order chi connectivity index (χ1) is 9.20. The summed E-state index contributed by atoms with van der Waals surface area (Å²) in [4.78, 5) is 13.6. The van der Waals surface area contributed by atoms with Crippen LogP contribution in [0.25, 0.3) is 0 Å². The van der Waals surface area contributed by atoms with E-state index in [1.807, 2.05) is 19.1 Å². The van der Waals surface area contributed by atoms with Crippen LogP contribution in [0.2, 0.25) is 0 Å². The van der Waals surface area contributed by atoms with Crippen molar-refractivity contribution in [2.75, 3.05) is 31.2 Å². The number of rotatable bonds is 4. The van der Waals surface area contributed by atoms with Gasteiger partial charge in [-0.15, -0.1) is 0 Å². The fourth-order valence-corrected chi connectivity index (χ4v) is 2.17. The lowest BCUT2D eigenvalue weighted by atomic mass is 10.1. The van der Waals surface area contributed by atoms with Crippen LogP contribution in [0.15, 0.2) is 36.9 Å². The van der Waals surface area contributed by atoms with Crippen LogP contribution in [0, 0.1) is 0 Å². The first kappa shape index (κ1) is 13.6. The number of nitrogens with one attached hydrogen (secondary N) is 1. The van der Waals surface area contributed by atoms with Gasteiger partial charge in [0.15, 0.2) is 0 Å². The van der Waals surface area contributed by atoms with Gasteiger partial charge in [-0.1, -0.05) is 18.7 Å². The summed E-state index contributed by atoms with van der Waals surface area (Å²) >= 11 is 0. The molecule has 1 aromatic carbocycles. The highest BCUT2D eigenvalue weighted by Crippen LogP contribution is 2.21. The monoisotopic (exact) mass is 260 g/mol. The molecule has 1 aliphatic rings. The fraction of sp³-hybridized carbons (Fsp3) is 0.400. The molecule has 0 radical (unpaired) electrons. The highest BCUT2D eigenvalue weighted by atomic mass is 16.5. The van der Waals surface area contributed by atoms with Gasteiger partial charge in [0.1, 0.15) is 0 Å². The third-order valence-corrected chi connectivity index (χ3v) is 3.29. The molecule has 4 nitrogen and oxygen atoms in total. The van der Waals surface area contributed by atoms with E-state index in [9.17, 15) is 4.79 Å². The molecule has 0 unspecified atom stereocenters. The zero-order valence-corrected chi connectivity index (χ0v) is 11.3. The van der Waals surface area contributed by atoms with Crippen molar-refractivity contribution in [1.29, 1.82) is 0 Å². The van der Waals surface area contributed by atoms with E-state index in [1.54, 1.807) is 0 Å². The van der Waals surface area contributed by atoms with Crippen molar-refractivity contribution in [1.82, 2.24) is 5.32 Å². The van der Waals surface area contributed by atoms with Gasteiger partial charge < -0.3 is 15.0 Å². The van der Waals surface area contributed by atoms with Crippen LogP contribution in [0.1, 0.15) is 18.5 Å². The van der Waals surface area contributed by atoms with Crippen molar-refractivity contribution in [3.63, 3.8) is 0 Å². The lowest BCUT2D eigenvalue weighted by Crippen LogP contribution is -2.36. The van der Waals surface area contributed by atoms with Crippen LogP contribution in [-0.2, 0) is 9.53 Å². The van der Waals surface area contributed by atoms with Gasteiger partial charge in [-0.05, 0) is 30.7 Å². The molecule has 1 N–H and O–H groups in total. The summed E-state index contributed by atoms with van der Waals surface area (Å²) in [6.45, 7) is 8.80. The average molecular weight is 260 g/mol. The molecule has 0 aromatic heterocycles. The van der Waals surface area contributed by atoms with Crippen molar-refractivity contribution in [2.24, 2.45) is 0 Å². The van der Waals surface area contributed by atoms with Crippen molar-refractivity contribution < 1.29 is 9.53 Å². The quantitative estimate of drug-likeness (QED) is 0.841. The number of ether oxygens (including phenoxy) is 1. The van der Waals surface area contributed by atoms with Gasteiger partial charge in [0.2, 0.25) is 5.91 Å². The second kappa shape index (κ2) is 6.38. The molecule has 1 heterocycles. The smallest absolute Gasteiger partial charge is 0.243 e. The van der Waals surface area contributed by atoms with Crippen LogP contribution in [0.3, 0.4) is 0 Å². The standard InChI is InChI=1S/C15H20N2O2/c1-3-15(18)16-12(2)13-5-4-6-14(11-13)17-7-9-19-10-8-17/h3-6,11-12H,1,7-10H2,2H3,(H,16,18)/t12-/m0/s1. The van der Waals surface area contributed by atoms with Crippen molar-refractivity contribution in [3.05, 3.63) is 42.5 Å². The van der Waals surface area contributed by atoms with Gasteiger partial charge in [0.25, 0.3) is 0 Å². The second-order valence-electron chi connectivity index (χ2n) is 4.63. The van der Waals surface area contributed by atoms with E-state index in [1.165, 1.54) is 11.8 Å². The molecule has 1 aliphatic heterocycles. The van der Waals surface area contributed by atoms with Crippen LogP contribution >= 0.6 is 0 Å². The number of amides is 1. The summed E-state index contributed by atoms with van der Waals surface area (Å²) in [5.41, 5.74) is 2.28. The Morgan fingerprint density at radius 3 is 2.89 bits per heavy atom. The summed E-state index contributed by atoms with van der Waals surface area (Å²) in [7, 11) is 0. The predicted octanol–water partition coefficient (Wildman–Crippen LogP) is 1.89. The Labute approximate surface area is 114 Å². The molecule has 19 heavy (non-hydrogen) atoms. The Kier molecular flexibility index (Phi) is 4.58. The molecule has 102 valence electrons. The van der Waals surface area contributed by atoms with E-state index in [4.69, 9.17) is 4.74 Å². The fourth-order valence-electron chi connectivity index (χ4n) is 2.17. The molecular formula is C15H20N2O2. The van der Waals surface area contributed by atoms with Gasteiger partial charge in [-0.3, -0.25) is 4.79 Å². The maximum Gasteiger partial charge on any atom is 0.243 e. The Bertz CT molecular complexity index is 453. The Morgan fingerprint density at radius 1 is 1.47 bits per heavy atom. The molecule has 1 atom stereocenters. The van der Waals surface area contributed by atoms with Gasteiger partial charge >= 0.3 is 0 Å². The molecule has 0 aliphatic carbocycles. The topological polar surface area (TPSA) is 41.6 Å². The van der Waals surface area contributed by atoms with E-state index in [0.29, 0.717) is 0 Å². The number of hydrogen-bond acceptors (Lipinski definition) is 3. The van der Waals surface area contributed by atoms with Gasteiger partial charge in [0.05, 0.1) is 19.3 Å². The van der Waals surface area contributed by atoms with Crippen molar-refractivity contribution in [2.45, 2.75) is 13.0 Å². The summed E-state index contributed by atoms with van der Waals surface area (Å²) in [5.74, 6) is -0.149. The number of hydrogen-bond donors (Lipinski definition) is 1. The number of carbonyl (C=O) groups excluding carboxylic acids is 1. The third-order valence-electron chi connectivity index (χ3n) is 3.29. The lowest BCUT2D eigenvalue weighted by Gasteiger charge is -2.29. The zero-order valence-electron chi connectivity index (χ0n) is 11.3. The zero-order chi connectivity index (χ0) is 13.7. The molecule has 1 amide bonds. The maximum atomic E-state index is 11.3. The SMILES string of the molecule is C=CC(=O)N[C@@H](C)c1cccc(N2CCOCC2)c1. The number of benzene rings is 1. The van der Waals surface area contributed by atoms with E-state index in [2.05, 4.69) is 28.9 Å². The Hall–Kier alpha value is -1.81. The van der Waals surface area contributed by atoms with E-state index in [0.717, 1.165) is 31.9 Å². The highest BCUT2D eigenvalue weighted by Gasteiger charge is 2.13. The van der Waals surface area contributed by atoms with Crippen LogP contribution in [0.4, 0.5) is 5.69 Å². The Balaban J connectivity index is 2.09. The van der Waals surface area contributed by atoms with Crippen LogP contribution < -0.4 is 10.2 Å². The Morgan fingerprint density at radius 2 is 2.21 bits per heavy atom. The minimum atomic E-state index is -0.149. The number of nitrogens with zero attached hydrogens (tertiary/aromatic N) is 1. The van der Waals surface area contributed by atoms with E-state index in [-0.39, 0.29) is 11.9 Å². The van der Waals surface area contributed by atoms with Crippen molar-refractivity contribution in [3.8, 4) is 0 Å². The average Bonchev–Trinajstić information content (AvgIpc) is 2.48. The van der Waals surface area contributed by atoms with Crippen LogP contribution in [-0.4, -0.2) is 32.2 Å². The molecule has 2 rings (SSSR count). The van der Waals surface area contributed by atoms with Gasteiger partial charge in [-0.25, -0.2) is 0 Å². The molecule has 1 fully saturated rings. The minimum Gasteiger partial charge on any atom is -0.378 e. The lowest BCUT2D eigenvalue weighted by molar-refractivity contribution is -0.117. The van der Waals surface area contributed by atoms with E-state index >= 15 is 0 Å². The second-order valence-corrected chi connectivity index (χ2v) is 4.63. The molecule has 0 saturated carbocycles. The summed E-state index contributed by atoms with van der Waals surface area (Å²) in [6.07, 6.45) is 1.29. The number of carbonyl (C=O) groups is 1. The molecule has 0 spiro atoms.